The summed E-state index contributed by atoms with van der Waals surface area (Å²) in [6, 6.07) is 9.20. The molecule has 1 saturated heterocycles. The Morgan fingerprint density at radius 3 is 2.50 bits per heavy atom. The van der Waals surface area contributed by atoms with E-state index in [4.69, 9.17) is 0 Å². The average molecular weight is 261 g/mol. The molecule has 0 radical (unpaired) electrons. The summed E-state index contributed by atoms with van der Waals surface area (Å²) in [5.74, 6) is -0.154. The summed E-state index contributed by atoms with van der Waals surface area (Å²) in [4.78, 5) is 0. The first-order valence-electron chi connectivity index (χ1n) is 6.26. The summed E-state index contributed by atoms with van der Waals surface area (Å²) < 4.78 is 13.0. The second-order valence-electron chi connectivity index (χ2n) is 5.02. The molecule has 3 rings (SSSR count). The number of hydrogen-bond acceptors (Lipinski definition) is 2. The van der Waals surface area contributed by atoms with Crippen LogP contribution in [-0.4, -0.2) is 13.1 Å². The molecule has 0 amide bonds. The lowest BCUT2D eigenvalue weighted by molar-refractivity contribution is 0.258. The van der Waals surface area contributed by atoms with Crippen LogP contribution < -0.4 is 5.32 Å². The Labute approximate surface area is 111 Å². The largest absolute Gasteiger partial charge is 0.315 e. The van der Waals surface area contributed by atoms with E-state index in [0.29, 0.717) is 0 Å². The molecule has 0 bridgehead atoms. The normalized spacial score (nSPS) is 17.4. The van der Waals surface area contributed by atoms with Crippen molar-refractivity contribution in [2.75, 3.05) is 13.1 Å². The van der Waals surface area contributed by atoms with E-state index in [1.165, 1.54) is 11.1 Å². The van der Waals surface area contributed by atoms with Crippen LogP contribution in [0.2, 0.25) is 0 Å². The van der Waals surface area contributed by atoms with E-state index in [2.05, 4.69) is 22.1 Å². The van der Waals surface area contributed by atoms with Crippen LogP contribution in [-0.2, 0) is 11.8 Å². The van der Waals surface area contributed by atoms with E-state index < -0.39 is 0 Å². The molecule has 1 aliphatic rings. The van der Waals surface area contributed by atoms with Crippen LogP contribution in [0.5, 0.6) is 0 Å². The molecule has 0 spiro atoms. The van der Waals surface area contributed by atoms with Crippen molar-refractivity contribution in [2.24, 2.45) is 0 Å². The van der Waals surface area contributed by atoms with Gasteiger partial charge >= 0.3 is 0 Å². The average Bonchev–Trinajstić information content (AvgIpc) is 2.83. The quantitative estimate of drug-likeness (QED) is 0.890. The van der Waals surface area contributed by atoms with E-state index in [0.717, 1.165) is 25.9 Å². The minimum Gasteiger partial charge on any atom is -0.315 e. The van der Waals surface area contributed by atoms with Gasteiger partial charge in [0.2, 0.25) is 0 Å². The Balaban J connectivity index is 1.75. The summed E-state index contributed by atoms with van der Waals surface area (Å²) in [6.07, 6.45) is 2.23. The van der Waals surface area contributed by atoms with Crippen LogP contribution in [0.25, 0.3) is 0 Å². The summed E-state index contributed by atoms with van der Waals surface area (Å²) in [7, 11) is 0. The van der Waals surface area contributed by atoms with Crippen molar-refractivity contribution in [3.05, 3.63) is 58.0 Å². The fraction of sp³-hybridized carbons (Fsp3) is 0.333. The summed E-state index contributed by atoms with van der Waals surface area (Å²) >= 11 is 1.75. The number of halogens is 1. The molecular formula is C15H16FNS. The fourth-order valence-corrected chi connectivity index (χ4v) is 3.28. The highest BCUT2D eigenvalue weighted by atomic mass is 32.1. The molecule has 1 nitrogen and oxygen atoms in total. The van der Waals surface area contributed by atoms with Gasteiger partial charge in [0.25, 0.3) is 0 Å². The van der Waals surface area contributed by atoms with Crippen molar-refractivity contribution < 1.29 is 4.39 Å². The Morgan fingerprint density at radius 2 is 1.94 bits per heavy atom. The van der Waals surface area contributed by atoms with Gasteiger partial charge in [-0.25, -0.2) is 4.39 Å². The Bertz CT molecular complexity index is 500. The maximum atomic E-state index is 13.0. The van der Waals surface area contributed by atoms with Gasteiger partial charge in [-0.15, -0.1) is 0 Å². The van der Waals surface area contributed by atoms with Crippen LogP contribution in [0.1, 0.15) is 17.5 Å². The third-order valence-corrected chi connectivity index (χ3v) is 4.59. The molecule has 0 unspecified atom stereocenters. The molecule has 94 valence electrons. The first-order chi connectivity index (χ1) is 8.78. The van der Waals surface area contributed by atoms with Crippen molar-refractivity contribution in [2.45, 2.75) is 18.3 Å². The lowest BCUT2D eigenvalue weighted by Gasteiger charge is -2.43. The van der Waals surface area contributed by atoms with E-state index in [-0.39, 0.29) is 11.2 Å². The van der Waals surface area contributed by atoms with Crippen molar-refractivity contribution >= 4 is 11.3 Å². The molecule has 1 aromatic carbocycles. The molecule has 3 heteroatoms. The first-order valence-corrected chi connectivity index (χ1v) is 7.21. The zero-order chi connectivity index (χ0) is 12.4. The van der Waals surface area contributed by atoms with Crippen LogP contribution in [0.4, 0.5) is 4.39 Å². The zero-order valence-corrected chi connectivity index (χ0v) is 11.0. The lowest BCUT2D eigenvalue weighted by Crippen LogP contribution is -2.57. The van der Waals surface area contributed by atoms with E-state index in [1.807, 2.05) is 12.1 Å². The summed E-state index contributed by atoms with van der Waals surface area (Å²) in [5.41, 5.74) is 2.88. The zero-order valence-electron chi connectivity index (χ0n) is 10.2. The predicted octanol–water partition coefficient (Wildman–Crippen LogP) is 3.36. The molecule has 0 saturated carbocycles. The van der Waals surface area contributed by atoms with Crippen molar-refractivity contribution in [1.82, 2.24) is 5.32 Å². The van der Waals surface area contributed by atoms with E-state index in [9.17, 15) is 4.39 Å². The molecule has 0 aliphatic carbocycles. The highest BCUT2D eigenvalue weighted by Crippen LogP contribution is 2.33. The highest BCUT2D eigenvalue weighted by molar-refractivity contribution is 7.07. The number of nitrogens with one attached hydrogen (secondary N) is 1. The Kier molecular flexibility index (Phi) is 3.18. The summed E-state index contributed by atoms with van der Waals surface area (Å²) in [6.45, 7) is 2.01. The summed E-state index contributed by atoms with van der Waals surface area (Å²) in [5, 5.41) is 7.69. The SMILES string of the molecule is Fc1ccc(C2(CCc3ccsc3)CNC2)cc1. The lowest BCUT2D eigenvalue weighted by atomic mass is 9.71. The maximum absolute atomic E-state index is 13.0. The number of rotatable bonds is 4. The van der Waals surface area contributed by atoms with Gasteiger partial charge in [-0.2, -0.15) is 11.3 Å². The first kappa shape index (κ1) is 11.9. The van der Waals surface area contributed by atoms with Gasteiger partial charge in [0, 0.05) is 18.5 Å². The van der Waals surface area contributed by atoms with Crippen molar-refractivity contribution in [3.8, 4) is 0 Å². The third-order valence-electron chi connectivity index (χ3n) is 3.86. The predicted molar refractivity (Wildman–Crippen MR) is 73.6 cm³/mol. The molecule has 1 fully saturated rings. The van der Waals surface area contributed by atoms with Gasteiger partial charge in [-0.3, -0.25) is 0 Å². The highest BCUT2D eigenvalue weighted by Gasteiger charge is 2.37. The van der Waals surface area contributed by atoms with Gasteiger partial charge in [0.15, 0.2) is 0 Å². The fourth-order valence-electron chi connectivity index (χ4n) is 2.57. The molecule has 1 aliphatic heterocycles. The maximum Gasteiger partial charge on any atom is 0.123 e. The van der Waals surface area contributed by atoms with Gasteiger partial charge < -0.3 is 5.32 Å². The van der Waals surface area contributed by atoms with Crippen LogP contribution in [0.15, 0.2) is 41.1 Å². The molecule has 18 heavy (non-hydrogen) atoms. The van der Waals surface area contributed by atoms with E-state index >= 15 is 0 Å². The Morgan fingerprint density at radius 1 is 1.17 bits per heavy atom. The number of aryl methyl sites for hydroxylation is 1. The number of benzene rings is 1. The van der Waals surface area contributed by atoms with Gasteiger partial charge in [-0.05, 0) is 52.9 Å². The van der Waals surface area contributed by atoms with Crippen LogP contribution in [0, 0.1) is 5.82 Å². The van der Waals surface area contributed by atoms with Gasteiger partial charge in [-0.1, -0.05) is 12.1 Å². The topological polar surface area (TPSA) is 12.0 Å². The molecule has 2 aromatic rings. The van der Waals surface area contributed by atoms with Gasteiger partial charge in [0.05, 0.1) is 0 Å². The monoisotopic (exact) mass is 261 g/mol. The smallest absolute Gasteiger partial charge is 0.123 e. The van der Waals surface area contributed by atoms with Crippen molar-refractivity contribution in [1.29, 1.82) is 0 Å². The second kappa shape index (κ2) is 4.82. The van der Waals surface area contributed by atoms with Crippen molar-refractivity contribution in [3.63, 3.8) is 0 Å². The molecule has 1 N–H and O–H groups in total. The van der Waals surface area contributed by atoms with Gasteiger partial charge in [0.1, 0.15) is 5.82 Å². The molecular weight excluding hydrogens is 245 g/mol. The second-order valence-corrected chi connectivity index (χ2v) is 5.80. The standard InChI is InChI=1S/C15H16FNS/c16-14-3-1-13(2-4-14)15(10-17-11-15)7-5-12-6-8-18-9-12/h1-4,6,8-9,17H,5,7,10-11H2. The molecule has 1 aromatic heterocycles. The third kappa shape index (κ3) is 2.20. The number of hydrogen-bond donors (Lipinski definition) is 1. The van der Waals surface area contributed by atoms with Crippen LogP contribution in [0.3, 0.4) is 0 Å². The Hall–Kier alpha value is -1.19. The minimum atomic E-state index is -0.154. The minimum absolute atomic E-state index is 0.154. The molecule has 2 heterocycles. The molecule has 0 atom stereocenters. The number of thiophene rings is 1. The van der Waals surface area contributed by atoms with E-state index in [1.54, 1.807) is 23.5 Å². The van der Waals surface area contributed by atoms with Crippen LogP contribution >= 0.6 is 11.3 Å².